The Hall–Kier alpha value is -2.54. The van der Waals surface area contributed by atoms with Gasteiger partial charge < -0.3 is 15.5 Å². The number of nitrogens with zero attached hydrogens (tertiary/aromatic N) is 2. The molecule has 2 aliphatic heterocycles. The molecule has 2 N–H and O–H groups in total. The number of amides is 4. The molecule has 0 spiro atoms. The molecular formula is C19H22N4O2S. The Labute approximate surface area is 156 Å². The number of carbonyl (C=O) groups excluding carboxylic acids is 2. The predicted molar refractivity (Wildman–Crippen MR) is 104 cm³/mol. The fraction of sp³-hybridized carbons (Fsp3) is 0.368. The van der Waals surface area contributed by atoms with Gasteiger partial charge in [0, 0.05) is 35.9 Å². The molecule has 0 radical (unpaired) electrons. The van der Waals surface area contributed by atoms with Gasteiger partial charge in [0.25, 0.3) is 0 Å². The maximum absolute atomic E-state index is 12.9. The van der Waals surface area contributed by atoms with E-state index in [9.17, 15) is 9.59 Å². The van der Waals surface area contributed by atoms with E-state index in [1.54, 1.807) is 16.2 Å². The Bertz CT molecular complexity index is 834. The highest BCUT2D eigenvalue weighted by Gasteiger charge is 2.30. The molecule has 2 aliphatic rings. The van der Waals surface area contributed by atoms with Gasteiger partial charge in [-0.25, -0.2) is 9.59 Å². The van der Waals surface area contributed by atoms with Gasteiger partial charge in [0.05, 0.1) is 6.04 Å². The topological polar surface area (TPSA) is 64.7 Å². The van der Waals surface area contributed by atoms with Crippen LogP contribution in [0.15, 0.2) is 35.7 Å². The lowest BCUT2D eigenvalue weighted by molar-refractivity contribution is 0.181. The number of carbonyl (C=O) groups is 2. The van der Waals surface area contributed by atoms with Gasteiger partial charge in [-0.05, 0) is 48.1 Å². The minimum atomic E-state index is -0.0967. The van der Waals surface area contributed by atoms with Gasteiger partial charge in [-0.1, -0.05) is 13.0 Å². The van der Waals surface area contributed by atoms with Crippen molar-refractivity contribution >= 4 is 34.8 Å². The lowest BCUT2D eigenvalue weighted by Crippen LogP contribution is -2.41. The summed E-state index contributed by atoms with van der Waals surface area (Å²) in [5.74, 6) is 0. The smallest absolute Gasteiger partial charge is 0.322 e. The predicted octanol–water partition coefficient (Wildman–Crippen LogP) is 3.82. The number of hydrogen-bond donors (Lipinski definition) is 2. The average Bonchev–Trinajstić information content (AvgIpc) is 3.29. The Morgan fingerprint density at radius 2 is 2.23 bits per heavy atom. The third-order valence-electron chi connectivity index (χ3n) is 5.01. The second-order valence-corrected chi connectivity index (χ2v) is 7.53. The van der Waals surface area contributed by atoms with E-state index >= 15 is 0 Å². The van der Waals surface area contributed by atoms with Gasteiger partial charge in [-0.3, -0.25) is 4.90 Å². The molecule has 6 nitrogen and oxygen atoms in total. The molecule has 1 atom stereocenters. The minimum absolute atomic E-state index is 0.0864. The number of nitrogens with one attached hydrogen (secondary N) is 2. The molecule has 1 fully saturated rings. The molecule has 4 rings (SSSR count). The quantitative estimate of drug-likeness (QED) is 0.863. The summed E-state index contributed by atoms with van der Waals surface area (Å²) in [6.45, 7) is 4.13. The molecule has 26 heavy (non-hydrogen) atoms. The zero-order valence-electron chi connectivity index (χ0n) is 14.7. The van der Waals surface area contributed by atoms with Gasteiger partial charge in [0.1, 0.15) is 0 Å². The fourth-order valence-electron chi connectivity index (χ4n) is 3.74. The van der Waals surface area contributed by atoms with Crippen LogP contribution in [-0.4, -0.2) is 36.6 Å². The maximum Gasteiger partial charge on any atom is 0.322 e. The van der Waals surface area contributed by atoms with E-state index in [1.165, 1.54) is 10.4 Å². The van der Waals surface area contributed by atoms with Crippen molar-refractivity contribution in [2.24, 2.45) is 0 Å². The van der Waals surface area contributed by atoms with Crippen LogP contribution in [-0.2, 0) is 6.42 Å². The third kappa shape index (κ3) is 3.03. The van der Waals surface area contributed by atoms with Crippen molar-refractivity contribution in [3.05, 3.63) is 46.2 Å². The van der Waals surface area contributed by atoms with Gasteiger partial charge in [0.15, 0.2) is 0 Å². The largest absolute Gasteiger partial charge is 0.336 e. The van der Waals surface area contributed by atoms with Crippen molar-refractivity contribution in [3.8, 4) is 0 Å². The summed E-state index contributed by atoms with van der Waals surface area (Å²) < 4.78 is 0. The first-order valence-corrected chi connectivity index (χ1v) is 9.84. The SMILES string of the molecule is CC[C@@H]1c2ccsc2CCN1C(=O)Nc1cccc(N2CCNC2=O)c1. The van der Waals surface area contributed by atoms with Crippen LogP contribution in [0.2, 0.25) is 0 Å². The van der Waals surface area contributed by atoms with Crippen molar-refractivity contribution < 1.29 is 9.59 Å². The van der Waals surface area contributed by atoms with Crippen molar-refractivity contribution in [1.82, 2.24) is 10.2 Å². The molecule has 3 heterocycles. The summed E-state index contributed by atoms with van der Waals surface area (Å²) in [6, 6.07) is 9.53. The Morgan fingerprint density at radius 3 is 3.00 bits per heavy atom. The first-order chi connectivity index (χ1) is 12.7. The summed E-state index contributed by atoms with van der Waals surface area (Å²) in [5, 5.41) is 7.91. The second kappa shape index (κ2) is 6.99. The van der Waals surface area contributed by atoms with Crippen molar-refractivity contribution in [3.63, 3.8) is 0 Å². The summed E-state index contributed by atoms with van der Waals surface area (Å²) in [5.41, 5.74) is 2.78. The van der Waals surface area contributed by atoms with Crippen molar-refractivity contribution in [2.75, 3.05) is 29.9 Å². The molecule has 1 saturated heterocycles. The highest BCUT2D eigenvalue weighted by Crippen LogP contribution is 2.35. The Kier molecular flexibility index (Phi) is 4.55. The van der Waals surface area contributed by atoms with Crippen LogP contribution in [0.25, 0.3) is 0 Å². The molecule has 0 unspecified atom stereocenters. The van der Waals surface area contributed by atoms with Crippen LogP contribution < -0.4 is 15.5 Å². The average molecular weight is 370 g/mol. The lowest BCUT2D eigenvalue weighted by Gasteiger charge is -2.35. The maximum atomic E-state index is 12.9. The summed E-state index contributed by atoms with van der Waals surface area (Å²) in [4.78, 5) is 29.7. The molecular weight excluding hydrogens is 348 g/mol. The molecule has 136 valence electrons. The van der Waals surface area contributed by atoms with E-state index in [0.717, 1.165) is 25.1 Å². The molecule has 0 aliphatic carbocycles. The zero-order valence-corrected chi connectivity index (χ0v) is 15.5. The number of anilines is 2. The summed E-state index contributed by atoms with van der Waals surface area (Å²) >= 11 is 1.78. The molecule has 0 saturated carbocycles. The van der Waals surface area contributed by atoms with Crippen LogP contribution in [0.5, 0.6) is 0 Å². The van der Waals surface area contributed by atoms with Crippen molar-refractivity contribution in [1.29, 1.82) is 0 Å². The van der Waals surface area contributed by atoms with Crippen LogP contribution in [0.4, 0.5) is 21.0 Å². The standard InChI is InChI=1S/C19H22N4O2S/c1-2-16-15-7-11-26-17(15)6-9-23(16)19(25)21-13-4-3-5-14(12-13)22-10-8-20-18(22)24/h3-5,7,11-12,16H,2,6,8-10H2,1H3,(H,20,24)(H,21,25)/t16-/m1/s1. The van der Waals surface area contributed by atoms with Crippen LogP contribution in [0.1, 0.15) is 29.8 Å². The van der Waals surface area contributed by atoms with Gasteiger partial charge in [0.2, 0.25) is 0 Å². The minimum Gasteiger partial charge on any atom is -0.336 e. The number of rotatable bonds is 3. The molecule has 0 bridgehead atoms. The number of benzene rings is 1. The van der Waals surface area contributed by atoms with E-state index in [1.807, 2.05) is 29.2 Å². The van der Waals surface area contributed by atoms with Crippen LogP contribution in [0.3, 0.4) is 0 Å². The zero-order chi connectivity index (χ0) is 18.1. The van der Waals surface area contributed by atoms with Crippen LogP contribution >= 0.6 is 11.3 Å². The van der Waals surface area contributed by atoms with E-state index in [2.05, 4.69) is 29.0 Å². The molecule has 1 aromatic carbocycles. The summed E-state index contributed by atoms with van der Waals surface area (Å²) in [7, 11) is 0. The first kappa shape index (κ1) is 16.9. The normalized spacial score (nSPS) is 19.3. The molecule has 2 aromatic rings. The number of hydrogen-bond acceptors (Lipinski definition) is 3. The second-order valence-electron chi connectivity index (χ2n) is 6.53. The van der Waals surface area contributed by atoms with Crippen molar-refractivity contribution in [2.45, 2.75) is 25.8 Å². The molecule has 1 aromatic heterocycles. The lowest BCUT2D eigenvalue weighted by atomic mass is 9.98. The highest BCUT2D eigenvalue weighted by molar-refractivity contribution is 7.10. The van der Waals surface area contributed by atoms with E-state index in [0.29, 0.717) is 18.8 Å². The van der Waals surface area contributed by atoms with Gasteiger partial charge in [-0.15, -0.1) is 11.3 Å². The first-order valence-electron chi connectivity index (χ1n) is 8.96. The fourth-order valence-corrected chi connectivity index (χ4v) is 4.67. The molecule has 4 amide bonds. The third-order valence-corrected chi connectivity index (χ3v) is 6.00. The van der Waals surface area contributed by atoms with E-state index < -0.39 is 0 Å². The monoisotopic (exact) mass is 370 g/mol. The van der Waals surface area contributed by atoms with Crippen LogP contribution in [0, 0.1) is 0 Å². The number of urea groups is 2. The molecule has 7 heteroatoms. The van der Waals surface area contributed by atoms with E-state index in [4.69, 9.17) is 0 Å². The van der Waals surface area contributed by atoms with E-state index in [-0.39, 0.29) is 18.1 Å². The van der Waals surface area contributed by atoms with Gasteiger partial charge in [-0.2, -0.15) is 0 Å². The number of thiophene rings is 1. The highest BCUT2D eigenvalue weighted by atomic mass is 32.1. The number of fused-ring (bicyclic) bond motifs is 1. The summed E-state index contributed by atoms with van der Waals surface area (Å²) in [6.07, 6.45) is 1.80. The Balaban J connectivity index is 1.51. The Morgan fingerprint density at radius 1 is 1.35 bits per heavy atom. The van der Waals surface area contributed by atoms with Gasteiger partial charge >= 0.3 is 12.1 Å².